The summed E-state index contributed by atoms with van der Waals surface area (Å²) in [7, 11) is 0. The van der Waals surface area contributed by atoms with Crippen LogP contribution < -0.4 is 0 Å². The Morgan fingerprint density at radius 1 is 1.63 bits per heavy atom. The molecule has 2 aromatic heterocycles. The van der Waals surface area contributed by atoms with E-state index >= 15 is 0 Å². The molecule has 0 aliphatic carbocycles. The molecule has 1 amide bonds. The number of carbonyl (C=O) groups is 1. The summed E-state index contributed by atoms with van der Waals surface area (Å²) < 4.78 is 0. The molecule has 3 rings (SSSR count). The fraction of sp³-hybridized carbons (Fsp3) is 0.429. The molecule has 4 nitrogen and oxygen atoms in total. The molecule has 0 spiro atoms. The first-order valence-corrected chi connectivity index (χ1v) is 7.42. The predicted molar refractivity (Wildman–Crippen MR) is 75.3 cm³/mol. The number of carbonyl (C=O) groups excluding carboxylic acids is 1. The number of thiophene rings is 1. The van der Waals surface area contributed by atoms with Gasteiger partial charge in [-0.05, 0) is 30.4 Å². The maximum Gasteiger partial charge on any atom is 0.227 e. The average Bonchev–Trinajstić information content (AvgIpc) is 3.08. The summed E-state index contributed by atoms with van der Waals surface area (Å²) in [6.07, 6.45) is 3.41. The van der Waals surface area contributed by atoms with Gasteiger partial charge in [0.05, 0.1) is 12.6 Å². The molecule has 1 saturated heterocycles. The summed E-state index contributed by atoms with van der Waals surface area (Å²) in [5.74, 6) is 0.650. The zero-order valence-electron chi connectivity index (χ0n) is 10.9. The minimum Gasteiger partial charge on any atom is -0.342 e. The number of hydrogen-bond acceptors (Lipinski definition) is 3. The van der Waals surface area contributed by atoms with Crippen LogP contribution >= 0.6 is 11.3 Å². The highest BCUT2D eigenvalue weighted by Crippen LogP contribution is 2.28. The van der Waals surface area contributed by atoms with Crippen molar-refractivity contribution in [1.29, 1.82) is 0 Å². The number of aryl methyl sites for hydroxylation is 1. The molecule has 1 aliphatic rings. The Morgan fingerprint density at radius 3 is 3.21 bits per heavy atom. The molecule has 0 saturated carbocycles. The minimum atomic E-state index is 0.238. The Hall–Kier alpha value is -1.62. The standard InChI is InChI=1S/C14H17N3OS/c1-10-8-15-16-14(10)11-4-5-17(9-11)13(18)7-12-3-2-6-19-12/h2-3,6,8,11H,4-5,7,9H2,1H3,(H,15,16)/t11-/m0/s1. The number of H-pyrrole nitrogens is 1. The van der Waals surface area contributed by atoms with Gasteiger partial charge in [0, 0.05) is 29.6 Å². The summed E-state index contributed by atoms with van der Waals surface area (Å²) in [6, 6.07) is 4.02. The fourth-order valence-electron chi connectivity index (χ4n) is 2.67. The van der Waals surface area contributed by atoms with E-state index < -0.39 is 0 Å². The van der Waals surface area contributed by atoms with Crippen LogP contribution in [0.3, 0.4) is 0 Å². The molecule has 1 N–H and O–H groups in total. The molecular weight excluding hydrogens is 258 g/mol. The second-order valence-electron chi connectivity index (χ2n) is 5.05. The highest BCUT2D eigenvalue weighted by Gasteiger charge is 2.29. The molecule has 0 radical (unpaired) electrons. The normalized spacial score (nSPS) is 19.0. The Kier molecular flexibility index (Phi) is 3.38. The van der Waals surface area contributed by atoms with Crippen LogP contribution in [0.5, 0.6) is 0 Å². The number of aromatic nitrogens is 2. The van der Waals surface area contributed by atoms with Gasteiger partial charge >= 0.3 is 0 Å². The molecule has 0 unspecified atom stereocenters. The summed E-state index contributed by atoms with van der Waals surface area (Å²) in [5.41, 5.74) is 2.38. The number of nitrogens with one attached hydrogen (secondary N) is 1. The van der Waals surface area contributed by atoms with Gasteiger partial charge < -0.3 is 4.90 Å². The molecule has 100 valence electrons. The number of rotatable bonds is 3. The van der Waals surface area contributed by atoms with E-state index in [0.717, 1.165) is 24.4 Å². The average molecular weight is 275 g/mol. The molecular formula is C14H17N3OS. The monoisotopic (exact) mass is 275 g/mol. The van der Waals surface area contributed by atoms with Gasteiger partial charge in [-0.25, -0.2) is 0 Å². The van der Waals surface area contributed by atoms with Crippen molar-refractivity contribution in [2.24, 2.45) is 0 Å². The number of likely N-dealkylation sites (tertiary alicyclic amines) is 1. The van der Waals surface area contributed by atoms with Gasteiger partial charge in [0.25, 0.3) is 0 Å². The molecule has 1 atom stereocenters. The second kappa shape index (κ2) is 5.17. The maximum atomic E-state index is 12.2. The van der Waals surface area contributed by atoms with E-state index in [1.807, 2.05) is 28.6 Å². The first-order chi connectivity index (χ1) is 9.24. The molecule has 2 aromatic rings. The number of hydrogen-bond donors (Lipinski definition) is 1. The smallest absolute Gasteiger partial charge is 0.227 e. The zero-order valence-corrected chi connectivity index (χ0v) is 11.7. The molecule has 5 heteroatoms. The number of nitrogens with zero attached hydrogens (tertiary/aromatic N) is 2. The number of aromatic amines is 1. The van der Waals surface area contributed by atoms with Gasteiger partial charge in [-0.15, -0.1) is 11.3 Å². The predicted octanol–water partition coefficient (Wildman–Crippen LogP) is 2.34. The minimum absolute atomic E-state index is 0.238. The van der Waals surface area contributed by atoms with Gasteiger partial charge in [0.1, 0.15) is 0 Å². The van der Waals surface area contributed by atoms with Crippen molar-refractivity contribution in [2.75, 3.05) is 13.1 Å². The third-order valence-corrected chi connectivity index (χ3v) is 4.60. The Bertz CT molecular complexity index is 561. The summed E-state index contributed by atoms with van der Waals surface area (Å²) >= 11 is 1.65. The van der Waals surface area contributed by atoms with Crippen LogP contribution in [0, 0.1) is 6.92 Å². The lowest BCUT2D eigenvalue weighted by atomic mass is 10.0. The highest BCUT2D eigenvalue weighted by atomic mass is 32.1. The van der Waals surface area contributed by atoms with Gasteiger partial charge in [0.2, 0.25) is 5.91 Å². The van der Waals surface area contributed by atoms with Gasteiger partial charge in [-0.3, -0.25) is 9.89 Å². The lowest BCUT2D eigenvalue weighted by Crippen LogP contribution is -2.29. The third kappa shape index (κ3) is 2.56. The molecule has 0 bridgehead atoms. The van der Waals surface area contributed by atoms with Crippen molar-refractivity contribution in [3.05, 3.63) is 39.8 Å². The molecule has 19 heavy (non-hydrogen) atoms. The van der Waals surface area contributed by atoms with Crippen molar-refractivity contribution in [1.82, 2.24) is 15.1 Å². The van der Waals surface area contributed by atoms with E-state index in [-0.39, 0.29) is 5.91 Å². The van der Waals surface area contributed by atoms with Crippen LogP contribution in [0.25, 0.3) is 0 Å². The third-order valence-electron chi connectivity index (χ3n) is 3.72. The van der Waals surface area contributed by atoms with Crippen LogP contribution in [-0.2, 0) is 11.2 Å². The van der Waals surface area contributed by atoms with Crippen LogP contribution in [0.4, 0.5) is 0 Å². The van der Waals surface area contributed by atoms with Crippen LogP contribution in [-0.4, -0.2) is 34.1 Å². The Balaban J connectivity index is 1.63. The fourth-order valence-corrected chi connectivity index (χ4v) is 3.36. The van der Waals surface area contributed by atoms with E-state index in [1.54, 1.807) is 11.3 Å². The SMILES string of the molecule is Cc1cn[nH]c1[C@H]1CCN(C(=O)Cc2cccs2)C1. The van der Waals surface area contributed by atoms with Crippen molar-refractivity contribution < 1.29 is 4.79 Å². The maximum absolute atomic E-state index is 12.2. The highest BCUT2D eigenvalue weighted by molar-refractivity contribution is 7.10. The van der Waals surface area contributed by atoms with Crippen molar-refractivity contribution >= 4 is 17.2 Å². The van der Waals surface area contributed by atoms with E-state index in [2.05, 4.69) is 17.1 Å². The topological polar surface area (TPSA) is 49.0 Å². The van der Waals surface area contributed by atoms with E-state index in [9.17, 15) is 4.79 Å². The van der Waals surface area contributed by atoms with Crippen molar-refractivity contribution in [3.8, 4) is 0 Å². The van der Waals surface area contributed by atoms with Gasteiger partial charge in [-0.2, -0.15) is 5.10 Å². The van der Waals surface area contributed by atoms with E-state index in [4.69, 9.17) is 0 Å². The summed E-state index contributed by atoms with van der Waals surface area (Å²) in [5, 5.41) is 9.15. The molecule has 1 fully saturated rings. The Labute approximate surface area is 116 Å². The molecule has 0 aromatic carbocycles. The van der Waals surface area contributed by atoms with Crippen molar-refractivity contribution in [3.63, 3.8) is 0 Å². The van der Waals surface area contributed by atoms with Crippen LogP contribution in [0.2, 0.25) is 0 Å². The van der Waals surface area contributed by atoms with Gasteiger partial charge in [-0.1, -0.05) is 6.07 Å². The summed E-state index contributed by atoms with van der Waals surface area (Å²) in [6.45, 7) is 3.73. The summed E-state index contributed by atoms with van der Waals surface area (Å²) in [4.78, 5) is 15.3. The number of amides is 1. The molecule has 3 heterocycles. The van der Waals surface area contributed by atoms with E-state index in [1.165, 1.54) is 11.3 Å². The lowest BCUT2D eigenvalue weighted by Gasteiger charge is -2.16. The Morgan fingerprint density at radius 2 is 2.53 bits per heavy atom. The first kappa shape index (κ1) is 12.4. The van der Waals surface area contributed by atoms with Gasteiger partial charge in [0.15, 0.2) is 0 Å². The lowest BCUT2D eigenvalue weighted by molar-refractivity contribution is -0.129. The van der Waals surface area contributed by atoms with Crippen LogP contribution in [0.15, 0.2) is 23.7 Å². The molecule has 1 aliphatic heterocycles. The second-order valence-corrected chi connectivity index (χ2v) is 6.08. The van der Waals surface area contributed by atoms with Crippen LogP contribution in [0.1, 0.15) is 28.5 Å². The van der Waals surface area contributed by atoms with E-state index in [0.29, 0.717) is 12.3 Å². The zero-order chi connectivity index (χ0) is 13.2. The first-order valence-electron chi connectivity index (χ1n) is 6.54. The van der Waals surface area contributed by atoms with Crippen molar-refractivity contribution in [2.45, 2.75) is 25.7 Å². The largest absolute Gasteiger partial charge is 0.342 e. The quantitative estimate of drug-likeness (QED) is 0.934.